The number of nitrogens with one attached hydrogen (secondary N) is 1. The number of benzene rings is 1. The predicted octanol–water partition coefficient (Wildman–Crippen LogP) is 7.83. The summed E-state index contributed by atoms with van der Waals surface area (Å²) in [4.78, 5) is 47.6. The number of carboxylic acid groups (broad SMARTS) is 1. The largest absolute Gasteiger partial charge is 0.480 e. The summed E-state index contributed by atoms with van der Waals surface area (Å²) in [6.45, 7) is 2.33. The Balaban J connectivity index is 2.39. The first-order valence-corrected chi connectivity index (χ1v) is 14.9. The fourth-order valence-corrected chi connectivity index (χ4v) is 3.63. The molecule has 0 aliphatic carbocycles. The minimum absolute atomic E-state index is 0.0298. The second kappa shape index (κ2) is 22.8. The van der Waals surface area contributed by atoms with Crippen molar-refractivity contribution < 1.29 is 46.9 Å². The fourth-order valence-electron chi connectivity index (χ4n) is 3.63. The number of rotatable bonds is 20. The third-order valence-corrected chi connectivity index (χ3v) is 5.93. The number of amides is 1. The molecule has 0 bridgehead atoms. The summed E-state index contributed by atoms with van der Waals surface area (Å²) in [5.41, 5.74) is -1.67. The van der Waals surface area contributed by atoms with Crippen molar-refractivity contribution in [2.75, 3.05) is 6.61 Å². The Morgan fingerprint density at radius 2 is 1.33 bits per heavy atom. The van der Waals surface area contributed by atoms with Crippen molar-refractivity contribution in [3.8, 4) is 5.75 Å². The number of hydrogen-bond donors (Lipinski definition) is 2. The molecule has 1 atom stereocenters. The van der Waals surface area contributed by atoms with Crippen LogP contribution in [0.4, 0.5) is 13.2 Å². The van der Waals surface area contributed by atoms with E-state index in [2.05, 4.69) is 60.8 Å². The van der Waals surface area contributed by atoms with Gasteiger partial charge in [-0.25, -0.2) is 4.79 Å². The van der Waals surface area contributed by atoms with Gasteiger partial charge in [0, 0.05) is 13.3 Å². The van der Waals surface area contributed by atoms with E-state index in [4.69, 9.17) is 9.47 Å². The second-order valence-electron chi connectivity index (χ2n) is 9.80. The lowest BCUT2D eigenvalue weighted by atomic mass is 10.1. The second-order valence-corrected chi connectivity index (χ2v) is 9.80. The van der Waals surface area contributed by atoms with Crippen molar-refractivity contribution in [2.45, 2.75) is 77.4 Å². The molecule has 11 heteroatoms. The summed E-state index contributed by atoms with van der Waals surface area (Å²) in [5.74, 6) is -5.05. The number of carboxylic acids is 1. The van der Waals surface area contributed by atoms with Crippen LogP contribution >= 0.6 is 0 Å². The standard InChI is InChI=1S/C35H42F3NO7/c1-3-4-5-6-7-8-9-10-11-12-13-14-15-16-17-18-19-20-21-22-32(41)45-26-30(34(43)44)39-33(42)29-24-23-28(35(36,37)38)25-31(29)46-27(2)40/h4-5,7-8,10-11,13-14,16-17,19-20,23-25,30H,3,6,9,12,15,18,21-22,26H2,1-2H3,(H,39,42)(H,43,44). The molecular weight excluding hydrogens is 603 g/mol. The van der Waals surface area contributed by atoms with Gasteiger partial charge in [0.2, 0.25) is 0 Å². The van der Waals surface area contributed by atoms with E-state index in [0.717, 1.165) is 45.1 Å². The number of alkyl halides is 3. The molecule has 1 aromatic carbocycles. The van der Waals surface area contributed by atoms with Gasteiger partial charge in [-0.2, -0.15) is 13.2 Å². The molecule has 46 heavy (non-hydrogen) atoms. The van der Waals surface area contributed by atoms with Gasteiger partial charge in [0.05, 0.1) is 11.1 Å². The molecule has 0 aliphatic heterocycles. The minimum atomic E-state index is -4.77. The van der Waals surface area contributed by atoms with Gasteiger partial charge in [-0.1, -0.05) is 79.8 Å². The normalized spacial score (nSPS) is 13.1. The molecule has 0 radical (unpaired) electrons. The quantitative estimate of drug-likeness (QED) is 0.0843. The lowest BCUT2D eigenvalue weighted by molar-refractivity contribution is -0.148. The fraction of sp³-hybridized carbons (Fsp3) is 0.371. The molecule has 0 fully saturated rings. The first kappa shape index (κ1) is 39.4. The molecule has 1 amide bonds. The Bertz CT molecular complexity index is 1310. The van der Waals surface area contributed by atoms with Crippen LogP contribution in [0.5, 0.6) is 5.75 Å². The van der Waals surface area contributed by atoms with Crippen LogP contribution in [0.25, 0.3) is 0 Å². The zero-order chi connectivity index (χ0) is 34.2. The Morgan fingerprint density at radius 1 is 0.826 bits per heavy atom. The van der Waals surface area contributed by atoms with Crippen LogP contribution in [-0.4, -0.2) is 41.6 Å². The van der Waals surface area contributed by atoms with Gasteiger partial charge in [-0.15, -0.1) is 0 Å². The van der Waals surface area contributed by atoms with Gasteiger partial charge in [0.15, 0.2) is 6.04 Å². The van der Waals surface area contributed by atoms with E-state index in [1.807, 2.05) is 18.2 Å². The third-order valence-electron chi connectivity index (χ3n) is 5.93. The highest BCUT2D eigenvalue weighted by molar-refractivity contribution is 5.99. The summed E-state index contributed by atoms with van der Waals surface area (Å²) in [6, 6.07) is 0.108. The van der Waals surface area contributed by atoms with E-state index in [-0.39, 0.29) is 6.42 Å². The van der Waals surface area contributed by atoms with Crippen LogP contribution < -0.4 is 10.1 Å². The Kier molecular flexibility index (Phi) is 19.5. The summed E-state index contributed by atoms with van der Waals surface area (Å²) in [6.07, 6.45) is 25.6. The van der Waals surface area contributed by atoms with Crippen LogP contribution in [-0.2, 0) is 25.3 Å². The molecule has 8 nitrogen and oxygen atoms in total. The Hall–Kier alpha value is -4.67. The summed E-state index contributed by atoms with van der Waals surface area (Å²) in [5, 5.41) is 11.5. The van der Waals surface area contributed by atoms with Crippen molar-refractivity contribution in [3.05, 3.63) is 102 Å². The van der Waals surface area contributed by atoms with Gasteiger partial charge >= 0.3 is 24.1 Å². The molecule has 1 aromatic rings. The van der Waals surface area contributed by atoms with Gasteiger partial charge in [-0.3, -0.25) is 14.4 Å². The molecule has 0 aliphatic rings. The Labute approximate surface area is 268 Å². The topological polar surface area (TPSA) is 119 Å². The van der Waals surface area contributed by atoms with Crippen molar-refractivity contribution >= 4 is 23.8 Å². The Morgan fingerprint density at radius 3 is 1.78 bits per heavy atom. The lowest BCUT2D eigenvalue weighted by Crippen LogP contribution is -2.44. The van der Waals surface area contributed by atoms with Crippen molar-refractivity contribution in [1.29, 1.82) is 0 Å². The number of allylic oxidation sites excluding steroid dienone is 12. The molecule has 0 saturated heterocycles. The summed E-state index contributed by atoms with van der Waals surface area (Å²) in [7, 11) is 0. The van der Waals surface area contributed by atoms with Crippen LogP contribution in [0.1, 0.15) is 81.1 Å². The highest BCUT2D eigenvalue weighted by atomic mass is 19.4. The third kappa shape index (κ3) is 18.2. The molecule has 1 rings (SSSR count). The number of esters is 2. The SMILES string of the molecule is CCC=CCC=CCC=CCC=CCC=CCC=CCCC(=O)OCC(NC(=O)c1ccc(C(F)(F)F)cc1OC(C)=O)C(=O)O. The number of carbonyl (C=O) groups excluding carboxylic acids is 3. The molecule has 0 aromatic heterocycles. The smallest absolute Gasteiger partial charge is 0.416 e. The van der Waals surface area contributed by atoms with Crippen molar-refractivity contribution in [1.82, 2.24) is 5.32 Å². The number of carbonyl (C=O) groups is 4. The van der Waals surface area contributed by atoms with Crippen molar-refractivity contribution in [3.63, 3.8) is 0 Å². The monoisotopic (exact) mass is 645 g/mol. The predicted molar refractivity (Wildman–Crippen MR) is 170 cm³/mol. The maximum absolute atomic E-state index is 13.0. The number of hydrogen-bond acceptors (Lipinski definition) is 6. The van der Waals surface area contributed by atoms with E-state index < -0.39 is 59.5 Å². The molecule has 250 valence electrons. The van der Waals surface area contributed by atoms with E-state index >= 15 is 0 Å². The molecule has 0 spiro atoms. The molecular formula is C35H42F3NO7. The van der Waals surface area contributed by atoms with Crippen LogP contribution in [0.15, 0.2) is 91.1 Å². The molecule has 1 unspecified atom stereocenters. The highest BCUT2D eigenvalue weighted by Crippen LogP contribution is 2.33. The summed E-state index contributed by atoms with van der Waals surface area (Å²) < 4.78 is 48.8. The van der Waals surface area contributed by atoms with E-state index in [0.29, 0.717) is 25.0 Å². The maximum atomic E-state index is 13.0. The van der Waals surface area contributed by atoms with Gasteiger partial charge in [0.1, 0.15) is 12.4 Å². The summed E-state index contributed by atoms with van der Waals surface area (Å²) >= 11 is 0. The van der Waals surface area contributed by atoms with E-state index in [1.165, 1.54) is 0 Å². The average Bonchev–Trinajstić information content (AvgIpc) is 2.99. The maximum Gasteiger partial charge on any atom is 0.416 e. The first-order valence-electron chi connectivity index (χ1n) is 14.9. The number of ether oxygens (including phenoxy) is 2. The lowest BCUT2D eigenvalue weighted by Gasteiger charge is -2.17. The van der Waals surface area contributed by atoms with Crippen LogP contribution in [0, 0.1) is 0 Å². The molecule has 0 heterocycles. The van der Waals surface area contributed by atoms with Crippen LogP contribution in [0.3, 0.4) is 0 Å². The highest BCUT2D eigenvalue weighted by Gasteiger charge is 2.33. The first-order chi connectivity index (χ1) is 22.0. The molecule has 0 saturated carbocycles. The number of aliphatic carboxylic acids is 1. The zero-order valence-electron chi connectivity index (χ0n) is 26.1. The average molecular weight is 646 g/mol. The van der Waals surface area contributed by atoms with Crippen molar-refractivity contribution in [2.24, 2.45) is 0 Å². The van der Waals surface area contributed by atoms with Gasteiger partial charge in [-0.05, 0) is 63.1 Å². The van der Waals surface area contributed by atoms with E-state index in [9.17, 15) is 37.5 Å². The minimum Gasteiger partial charge on any atom is -0.480 e. The van der Waals surface area contributed by atoms with E-state index in [1.54, 1.807) is 6.08 Å². The zero-order valence-corrected chi connectivity index (χ0v) is 26.1. The van der Waals surface area contributed by atoms with Gasteiger partial charge in [0.25, 0.3) is 5.91 Å². The number of halogens is 3. The van der Waals surface area contributed by atoms with Crippen LogP contribution in [0.2, 0.25) is 0 Å². The molecule has 2 N–H and O–H groups in total. The van der Waals surface area contributed by atoms with Gasteiger partial charge < -0.3 is 19.9 Å².